The highest BCUT2D eigenvalue weighted by atomic mass is 16.2. The molecule has 0 saturated heterocycles. The Morgan fingerprint density at radius 2 is 1.88 bits per heavy atom. The molecule has 2 radical (unpaired) electrons. The van der Waals surface area contributed by atoms with Crippen LogP contribution in [-0.2, 0) is 13.1 Å². The first-order chi connectivity index (χ1) is 11.8. The summed E-state index contributed by atoms with van der Waals surface area (Å²) >= 11 is 0. The van der Waals surface area contributed by atoms with Gasteiger partial charge in [-0.15, -0.1) is 0 Å². The van der Waals surface area contributed by atoms with E-state index in [2.05, 4.69) is 13.5 Å². The van der Waals surface area contributed by atoms with E-state index in [9.17, 15) is 4.79 Å². The van der Waals surface area contributed by atoms with Crippen LogP contribution in [0, 0.1) is 6.92 Å². The van der Waals surface area contributed by atoms with Crippen molar-refractivity contribution in [2.24, 2.45) is 0 Å². The van der Waals surface area contributed by atoms with Gasteiger partial charge in [-0.05, 0) is 33.3 Å². The summed E-state index contributed by atoms with van der Waals surface area (Å²) in [6, 6.07) is 7.18. The molecule has 1 amide bonds. The summed E-state index contributed by atoms with van der Waals surface area (Å²) in [5.41, 5.74) is 7.44. The van der Waals surface area contributed by atoms with E-state index >= 15 is 0 Å². The van der Waals surface area contributed by atoms with Crippen LogP contribution < -0.4 is 5.46 Å². The molecule has 2 aromatic rings. The summed E-state index contributed by atoms with van der Waals surface area (Å²) in [5, 5.41) is 4.73. The molecule has 0 atom stereocenters. The van der Waals surface area contributed by atoms with Crippen molar-refractivity contribution in [3.05, 3.63) is 64.5 Å². The van der Waals surface area contributed by atoms with Crippen LogP contribution in [0.2, 0.25) is 0 Å². The lowest BCUT2D eigenvalue weighted by molar-refractivity contribution is 0.0750. The number of carbonyl (C=O) groups is 1. The second kappa shape index (κ2) is 6.39. The first kappa shape index (κ1) is 17.3. The van der Waals surface area contributed by atoms with Crippen molar-refractivity contribution in [2.45, 2.75) is 40.8 Å². The first-order valence-electron chi connectivity index (χ1n) is 8.36. The summed E-state index contributed by atoms with van der Waals surface area (Å²) in [7, 11) is 5.94. The van der Waals surface area contributed by atoms with Gasteiger partial charge in [0, 0.05) is 22.5 Å². The predicted octanol–water partition coefficient (Wildman–Crippen LogP) is 2.97. The number of aromatic nitrogens is 2. The Kier molecular flexibility index (Phi) is 4.42. The number of allylic oxidation sites excluding steroid dienone is 3. The van der Waals surface area contributed by atoms with Crippen molar-refractivity contribution in [3.63, 3.8) is 0 Å². The molecule has 25 heavy (non-hydrogen) atoms. The van der Waals surface area contributed by atoms with Gasteiger partial charge < -0.3 is 4.90 Å². The zero-order valence-electron chi connectivity index (χ0n) is 15.3. The molecule has 1 aromatic carbocycles. The number of hydrogen-bond donors (Lipinski definition) is 0. The normalized spacial score (nSPS) is 14.3. The zero-order chi connectivity index (χ0) is 18.3. The number of nitrogens with zero attached hydrogens (tertiary/aromatic N) is 3. The Labute approximate surface area is 150 Å². The highest BCUT2D eigenvalue weighted by molar-refractivity contribution is 6.36. The fraction of sp³-hybridized carbons (Fsp3) is 0.300. The van der Waals surface area contributed by atoms with Gasteiger partial charge in [-0.25, -0.2) is 4.68 Å². The van der Waals surface area contributed by atoms with Gasteiger partial charge in [-0.2, -0.15) is 5.10 Å². The minimum absolute atomic E-state index is 0.0487. The second-order valence-electron chi connectivity index (χ2n) is 6.66. The second-order valence-corrected chi connectivity index (χ2v) is 6.66. The van der Waals surface area contributed by atoms with Crippen LogP contribution in [-0.4, -0.2) is 28.4 Å². The molecule has 0 saturated carbocycles. The number of fused-ring (bicyclic) bond motifs is 1. The number of hydrogen-bond acceptors (Lipinski definition) is 2. The smallest absolute Gasteiger partial charge is 0.253 e. The maximum atomic E-state index is 12.8. The molecule has 0 aliphatic carbocycles. The van der Waals surface area contributed by atoms with Crippen LogP contribution in [0.1, 0.15) is 48.1 Å². The molecule has 0 N–H and O–H groups in total. The average molecular weight is 331 g/mol. The molecule has 3 rings (SSSR count). The van der Waals surface area contributed by atoms with Crippen molar-refractivity contribution in [3.8, 4) is 0 Å². The van der Waals surface area contributed by atoms with Crippen molar-refractivity contribution in [1.29, 1.82) is 0 Å². The molecular formula is C20H22BN3O. The molecule has 0 fully saturated rings. The van der Waals surface area contributed by atoms with E-state index in [1.807, 2.05) is 37.6 Å². The average Bonchev–Trinajstić information content (AvgIpc) is 3.13. The van der Waals surface area contributed by atoms with E-state index in [1.54, 1.807) is 17.0 Å². The Morgan fingerprint density at radius 1 is 1.20 bits per heavy atom. The van der Waals surface area contributed by atoms with E-state index < -0.39 is 0 Å². The Bertz CT molecular complexity index is 908. The van der Waals surface area contributed by atoms with Crippen LogP contribution in [0.15, 0.2) is 42.0 Å². The summed E-state index contributed by atoms with van der Waals surface area (Å²) < 4.78 is 1.97. The van der Waals surface area contributed by atoms with Crippen molar-refractivity contribution in [1.82, 2.24) is 14.7 Å². The maximum absolute atomic E-state index is 12.8. The largest absolute Gasteiger partial charge is 0.328 e. The van der Waals surface area contributed by atoms with Crippen LogP contribution in [0.3, 0.4) is 0 Å². The minimum Gasteiger partial charge on any atom is -0.328 e. The lowest BCUT2D eigenvalue weighted by Crippen LogP contribution is -2.30. The fourth-order valence-electron chi connectivity index (χ4n) is 3.15. The quantitative estimate of drug-likeness (QED) is 0.641. The number of carbonyl (C=O) groups excluding carboxylic acids is 1. The van der Waals surface area contributed by atoms with Crippen LogP contribution in [0.5, 0.6) is 0 Å². The van der Waals surface area contributed by atoms with E-state index in [1.165, 1.54) is 0 Å². The lowest BCUT2D eigenvalue weighted by Gasteiger charge is -2.18. The van der Waals surface area contributed by atoms with Gasteiger partial charge in [0.2, 0.25) is 0 Å². The summed E-state index contributed by atoms with van der Waals surface area (Å²) in [5.74, 6) is -0.0487. The molecule has 126 valence electrons. The van der Waals surface area contributed by atoms with Gasteiger partial charge in [0.15, 0.2) is 0 Å². The van der Waals surface area contributed by atoms with E-state index in [0.29, 0.717) is 24.1 Å². The van der Waals surface area contributed by atoms with Crippen molar-refractivity contribution < 1.29 is 4.79 Å². The number of benzene rings is 1. The Morgan fingerprint density at radius 3 is 2.48 bits per heavy atom. The summed E-state index contributed by atoms with van der Waals surface area (Å²) in [4.78, 5) is 14.5. The van der Waals surface area contributed by atoms with Gasteiger partial charge in [-0.1, -0.05) is 41.9 Å². The zero-order valence-corrected chi connectivity index (χ0v) is 15.3. The van der Waals surface area contributed by atoms with Gasteiger partial charge in [0.1, 0.15) is 7.85 Å². The highest BCUT2D eigenvalue weighted by Crippen LogP contribution is 2.29. The van der Waals surface area contributed by atoms with E-state index in [4.69, 9.17) is 12.9 Å². The van der Waals surface area contributed by atoms with Gasteiger partial charge in [0.05, 0.1) is 18.8 Å². The standard InChI is InChI=1S/C20H22BN3O/c1-12(2)13(3)14(4)24-15(5)17-10-23(11-19(17)22-24)20(25)16-8-6-7-9-18(16)21/h6-9H,1,10-11H2,2-5H3/b14-13-. The third kappa shape index (κ3) is 2.95. The molecular weight excluding hydrogens is 309 g/mol. The molecule has 0 spiro atoms. The van der Waals surface area contributed by atoms with Gasteiger partial charge in [-0.3, -0.25) is 4.79 Å². The monoisotopic (exact) mass is 331 g/mol. The molecule has 2 heterocycles. The Balaban J connectivity index is 1.89. The van der Waals surface area contributed by atoms with Crippen LogP contribution in [0.25, 0.3) is 5.70 Å². The highest BCUT2D eigenvalue weighted by Gasteiger charge is 2.30. The number of rotatable bonds is 3. The molecule has 5 heteroatoms. The van der Waals surface area contributed by atoms with Crippen LogP contribution in [0.4, 0.5) is 0 Å². The van der Waals surface area contributed by atoms with Crippen molar-refractivity contribution in [2.75, 3.05) is 0 Å². The van der Waals surface area contributed by atoms with Crippen LogP contribution >= 0.6 is 0 Å². The SMILES string of the molecule is [B]c1ccccc1C(=O)N1Cc2nn(/C(C)=C(/C)C(=C)C)c(C)c2C1. The summed E-state index contributed by atoms with van der Waals surface area (Å²) in [6.45, 7) is 13.2. The molecule has 1 aliphatic heterocycles. The molecule has 0 bridgehead atoms. The first-order valence-corrected chi connectivity index (χ1v) is 8.36. The third-order valence-electron chi connectivity index (χ3n) is 4.99. The summed E-state index contributed by atoms with van der Waals surface area (Å²) in [6.07, 6.45) is 0. The van der Waals surface area contributed by atoms with Crippen molar-refractivity contribution >= 4 is 24.9 Å². The molecule has 4 nitrogen and oxygen atoms in total. The fourth-order valence-corrected chi connectivity index (χ4v) is 3.15. The molecule has 0 unspecified atom stereocenters. The third-order valence-corrected chi connectivity index (χ3v) is 4.99. The predicted molar refractivity (Wildman–Crippen MR) is 102 cm³/mol. The van der Waals surface area contributed by atoms with Gasteiger partial charge in [0.25, 0.3) is 5.91 Å². The minimum atomic E-state index is -0.0487. The maximum Gasteiger partial charge on any atom is 0.253 e. The topological polar surface area (TPSA) is 38.1 Å². The molecule has 1 aliphatic rings. The van der Waals surface area contributed by atoms with E-state index in [-0.39, 0.29) is 5.91 Å². The van der Waals surface area contributed by atoms with E-state index in [0.717, 1.165) is 33.8 Å². The van der Waals surface area contributed by atoms with Gasteiger partial charge >= 0.3 is 0 Å². The molecule has 1 aromatic heterocycles. The lowest BCUT2D eigenvalue weighted by atomic mass is 9.90. The number of amides is 1. The Hall–Kier alpha value is -2.56.